The number of carboxylic acids is 1. The van der Waals surface area contributed by atoms with Gasteiger partial charge in [-0.3, -0.25) is 4.79 Å². The monoisotopic (exact) mass is 293 g/mol. The number of methoxy groups -OCH3 is 2. The fourth-order valence-corrected chi connectivity index (χ4v) is 2.42. The molecule has 1 aromatic carbocycles. The summed E-state index contributed by atoms with van der Waals surface area (Å²) in [5, 5.41) is 11.8. The van der Waals surface area contributed by atoms with Crippen LogP contribution in [0.4, 0.5) is 5.69 Å². The number of hydrogen-bond acceptors (Lipinski definition) is 4. The molecule has 114 valence electrons. The molecule has 0 bridgehead atoms. The van der Waals surface area contributed by atoms with Gasteiger partial charge in [0.25, 0.3) is 5.91 Å². The molecule has 6 nitrogen and oxygen atoms in total. The van der Waals surface area contributed by atoms with E-state index in [-0.39, 0.29) is 23.1 Å². The van der Waals surface area contributed by atoms with Crippen LogP contribution in [0.3, 0.4) is 0 Å². The summed E-state index contributed by atoms with van der Waals surface area (Å²) in [6.45, 7) is 0. The van der Waals surface area contributed by atoms with Gasteiger partial charge in [-0.05, 0) is 30.9 Å². The lowest BCUT2D eigenvalue weighted by atomic mass is 9.80. The van der Waals surface area contributed by atoms with Crippen molar-refractivity contribution >= 4 is 17.6 Å². The zero-order valence-corrected chi connectivity index (χ0v) is 12.1. The van der Waals surface area contributed by atoms with E-state index < -0.39 is 12.1 Å². The number of ether oxygens (including phenoxy) is 2. The SMILES string of the molecule is COc1cc(NC(=O)C(OC)C2CCC2)ccc1C(=O)O. The maximum absolute atomic E-state index is 12.2. The molecule has 1 aliphatic carbocycles. The Morgan fingerprint density at radius 1 is 1.33 bits per heavy atom. The van der Waals surface area contributed by atoms with Gasteiger partial charge in [-0.25, -0.2) is 4.79 Å². The molecule has 1 saturated carbocycles. The molecule has 21 heavy (non-hydrogen) atoms. The number of carbonyl (C=O) groups is 2. The summed E-state index contributed by atoms with van der Waals surface area (Å²) in [6, 6.07) is 4.44. The van der Waals surface area contributed by atoms with Crippen LogP contribution in [0, 0.1) is 5.92 Å². The number of nitrogens with one attached hydrogen (secondary N) is 1. The summed E-state index contributed by atoms with van der Waals surface area (Å²) in [5.74, 6) is -0.825. The van der Waals surface area contributed by atoms with E-state index in [1.54, 1.807) is 0 Å². The third-order valence-corrected chi connectivity index (χ3v) is 3.79. The molecule has 1 atom stereocenters. The van der Waals surface area contributed by atoms with Gasteiger partial charge in [-0.2, -0.15) is 0 Å². The number of carbonyl (C=O) groups excluding carboxylic acids is 1. The van der Waals surface area contributed by atoms with Gasteiger partial charge in [0, 0.05) is 18.9 Å². The predicted octanol–water partition coefficient (Wildman–Crippen LogP) is 2.15. The van der Waals surface area contributed by atoms with Crippen molar-refractivity contribution in [1.29, 1.82) is 0 Å². The topological polar surface area (TPSA) is 84.9 Å². The first kappa shape index (κ1) is 15.3. The second-order valence-electron chi connectivity index (χ2n) is 5.06. The van der Waals surface area contributed by atoms with Gasteiger partial charge in [0.05, 0.1) is 7.11 Å². The second-order valence-corrected chi connectivity index (χ2v) is 5.06. The number of rotatable bonds is 6. The van der Waals surface area contributed by atoms with Crippen molar-refractivity contribution in [3.8, 4) is 5.75 Å². The highest BCUT2D eigenvalue weighted by molar-refractivity contribution is 5.96. The largest absolute Gasteiger partial charge is 0.496 e. The van der Waals surface area contributed by atoms with Crippen LogP contribution >= 0.6 is 0 Å². The normalized spacial score (nSPS) is 15.9. The van der Waals surface area contributed by atoms with E-state index in [1.807, 2.05) is 0 Å². The van der Waals surface area contributed by atoms with E-state index in [1.165, 1.54) is 32.4 Å². The Morgan fingerprint density at radius 2 is 2.05 bits per heavy atom. The average molecular weight is 293 g/mol. The van der Waals surface area contributed by atoms with Crippen LogP contribution in [0.15, 0.2) is 18.2 Å². The molecule has 2 N–H and O–H groups in total. The van der Waals surface area contributed by atoms with Crippen molar-refractivity contribution in [2.24, 2.45) is 5.92 Å². The van der Waals surface area contributed by atoms with E-state index in [9.17, 15) is 9.59 Å². The van der Waals surface area contributed by atoms with Gasteiger partial charge in [0.1, 0.15) is 17.4 Å². The van der Waals surface area contributed by atoms with Crippen molar-refractivity contribution in [2.45, 2.75) is 25.4 Å². The molecule has 6 heteroatoms. The van der Waals surface area contributed by atoms with Crippen molar-refractivity contribution < 1.29 is 24.2 Å². The van der Waals surface area contributed by atoms with E-state index in [2.05, 4.69) is 5.32 Å². The van der Waals surface area contributed by atoms with Gasteiger partial charge >= 0.3 is 5.97 Å². The van der Waals surface area contributed by atoms with Crippen LogP contribution < -0.4 is 10.1 Å². The van der Waals surface area contributed by atoms with Gasteiger partial charge in [0.2, 0.25) is 0 Å². The molecule has 0 aliphatic heterocycles. The summed E-state index contributed by atoms with van der Waals surface area (Å²) in [7, 11) is 2.91. The molecule has 0 saturated heterocycles. The Morgan fingerprint density at radius 3 is 2.52 bits per heavy atom. The number of aromatic carboxylic acids is 1. The summed E-state index contributed by atoms with van der Waals surface area (Å²) < 4.78 is 10.3. The molecule has 2 rings (SSSR count). The summed E-state index contributed by atoms with van der Waals surface area (Å²) in [6.07, 6.45) is 2.64. The van der Waals surface area contributed by atoms with Crippen LogP contribution in [0.1, 0.15) is 29.6 Å². The van der Waals surface area contributed by atoms with Crippen LogP contribution in [-0.2, 0) is 9.53 Å². The third kappa shape index (κ3) is 3.33. The van der Waals surface area contributed by atoms with E-state index in [0.717, 1.165) is 19.3 Å². The van der Waals surface area contributed by atoms with E-state index in [4.69, 9.17) is 14.6 Å². The van der Waals surface area contributed by atoms with E-state index in [0.29, 0.717) is 5.69 Å². The standard InChI is InChI=1S/C15H19NO5/c1-20-12-8-10(6-7-11(12)15(18)19)16-14(17)13(21-2)9-4-3-5-9/h6-9,13H,3-5H2,1-2H3,(H,16,17)(H,18,19). The van der Waals surface area contributed by atoms with Crippen LogP contribution in [0.5, 0.6) is 5.75 Å². The van der Waals surface area contributed by atoms with Crippen LogP contribution in [0.25, 0.3) is 0 Å². The van der Waals surface area contributed by atoms with Crippen LogP contribution in [-0.4, -0.2) is 37.3 Å². The summed E-state index contributed by atoms with van der Waals surface area (Å²) in [5.41, 5.74) is 0.543. The Balaban J connectivity index is 2.11. The molecule has 0 heterocycles. The minimum absolute atomic E-state index is 0.0535. The number of hydrogen-bond donors (Lipinski definition) is 2. The Bertz CT molecular complexity index is 539. The quantitative estimate of drug-likeness (QED) is 0.839. The molecule has 0 aromatic heterocycles. The molecule has 0 spiro atoms. The maximum Gasteiger partial charge on any atom is 0.339 e. The van der Waals surface area contributed by atoms with Gasteiger partial charge < -0.3 is 19.9 Å². The first-order valence-electron chi connectivity index (χ1n) is 6.81. The molecule has 1 aliphatic rings. The lowest BCUT2D eigenvalue weighted by Crippen LogP contribution is -2.39. The lowest BCUT2D eigenvalue weighted by molar-refractivity contribution is -0.130. The zero-order valence-electron chi connectivity index (χ0n) is 12.1. The van der Waals surface area contributed by atoms with E-state index >= 15 is 0 Å². The molecule has 1 unspecified atom stereocenters. The molecule has 1 amide bonds. The number of benzene rings is 1. The summed E-state index contributed by atoms with van der Waals surface area (Å²) in [4.78, 5) is 23.2. The Kier molecular flexibility index (Phi) is 4.80. The zero-order chi connectivity index (χ0) is 15.4. The minimum Gasteiger partial charge on any atom is -0.496 e. The highest BCUT2D eigenvalue weighted by Gasteiger charge is 2.32. The number of anilines is 1. The second kappa shape index (κ2) is 6.58. The first-order chi connectivity index (χ1) is 10.1. The van der Waals surface area contributed by atoms with Crippen molar-refractivity contribution in [3.05, 3.63) is 23.8 Å². The molecule has 0 radical (unpaired) electrons. The van der Waals surface area contributed by atoms with Gasteiger partial charge in [0.15, 0.2) is 0 Å². The van der Waals surface area contributed by atoms with Gasteiger partial charge in [-0.1, -0.05) is 6.42 Å². The molecule has 1 aromatic rings. The lowest BCUT2D eigenvalue weighted by Gasteiger charge is -2.31. The average Bonchev–Trinajstić information content (AvgIpc) is 2.41. The maximum atomic E-state index is 12.2. The Labute approximate surface area is 123 Å². The summed E-state index contributed by atoms with van der Waals surface area (Å²) >= 11 is 0. The predicted molar refractivity (Wildman–Crippen MR) is 76.7 cm³/mol. The fourth-order valence-electron chi connectivity index (χ4n) is 2.42. The molecule has 1 fully saturated rings. The van der Waals surface area contributed by atoms with Crippen LogP contribution in [0.2, 0.25) is 0 Å². The first-order valence-corrected chi connectivity index (χ1v) is 6.81. The Hall–Kier alpha value is -2.08. The minimum atomic E-state index is -1.08. The number of amides is 1. The van der Waals surface area contributed by atoms with Gasteiger partial charge in [-0.15, -0.1) is 0 Å². The van der Waals surface area contributed by atoms with Crippen molar-refractivity contribution in [1.82, 2.24) is 0 Å². The molecular weight excluding hydrogens is 274 g/mol. The third-order valence-electron chi connectivity index (χ3n) is 3.79. The highest BCUT2D eigenvalue weighted by atomic mass is 16.5. The van der Waals surface area contributed by atoms with Crippen molar-refractivity contribution in [2.75, 3.05) is 19.5 Å². The highest BCUT2D eigenvalue weighted by Crippen LogP contribution is 2.32. The van der Waals surface area contributed by atoms with Crippen molar-refractivity contribution in [3.63, 3.8) is 0 Å². The molecular formula is C15H19NO5. The fraction of sp³-hybridized carbons (Fsp3) is 0.467. The number of carboxylic acid groups (broad SMARTS) is 1. The smallest absolute Gasteiger partial charge is 0.339 e.